The van der Waals surface area contributed by atoms with Crippen LogP contribution in [0.1, 0.15) is 25.1 Å². The van der Waals surface area contributed by atoms with E-state index in [-0.39, 0.29) is 11.9 Å². The molecule has 0 aliphatic rings. The SMILES string of the molecule is CCCn1ncc(Br)c1C(CSc1ccccc1F)NC. The molecule has 0 radical (unpaired) electrons. The summed E-state index contributed by atoms with van der Waals surface area (Å²) < 4.78 is 16.7. The molecule has 1 atom stereocenters. The molecule has 0 saturated carbocycles. The summed E-state index contributed by atoms with van der Waals surface area (Å²) >= 11 is 5.08. The number of rotatable bonds is 7. The first kappa shape index (κ1) is 16.5. The monoisotopic (exact) mass is 371 g/mol. The Bertz CT molecular complexity index is 588. The Kier molecular flexibility index (Phi) is 6.26. The lowest BCUT2D eigenvalue weighted by Crippen LogP contribution is -2.23. The first-order valence-corrected chi connectivity index (χ1v) is 8.71. The number of nitrogens with one attached hydrogen (secondary N) is 1. The minimum atomic E-state index is -0.168. The molecule has 0 aliphatic heterocycles. The fourth-order valence-corrected chi connectivity index (χ4v) is 3.77. The molecular formula is C15H19BrFN3S. The van der Waals surface area contributed by atoms with E-state index in [2.05, 4.69) is 33.3 Å². The summed E-state index contributed by atoms with van der Waals surface area (Å²) in [5, 5.41) is 7.69. The number of benzene rings is 1. The van der Waals surface area contributed by atoms with Gasteiger partial charge in [-0.2, -0.15) is 5.10 Å². The van der Waals surface area contributed by atoms with E-state index in [0.717, 1.165) is 28.9 Å². The molecule has 2 aromatic rings. The molecule has 0 bridgehead atoms. The maximum absolute atomic E-state index is 13.7. The standard InChI is InChI=1S/C15H19BrFN3S/c1-3-8-20-15(11(16)9-19-20)13(18-2)10-21-14-7-5-4-6-12(14)17/h4-7,9,13,18H,3,8,10H2,1-2H3. The third kappa shape index (κ3) is 4.08. The molecule has 2 rings (SSSR count). The van der Waals surface area contributed by atoms with E-state index in [1.54, 1.807) is 6.07 Å². The van der Waals surface area contributed by atoms with Gasteiger partial charge >= 0.3 is 0 Å². The van der Waals surface area contributed by atoms with Crippen LogP contribution in [0.3, 0.4) is 0 Å². The Labute approximate surface area is 137 Å². The number of aryl methyl sites for hydroxylation is 1. The maximum atomic E-state index is 13.7. The molecule has 21 heavy (non-hydrogen) atoms. The van der Waals surface area contributed by atoms with Gasteiger partial charge in [-0.15, -0.1) is 11.8 Å². The van der Waals surface area contributed by atoms with Crippen molar-refractivity contribution in [1.82, 2.24) is 15.1 Å². The second kappa shape index (κ2) is 7.96. The molecule has 0 aliphatic carbocycles. The average Bonchev–Trinajstić information content (AvgIpc) is 2.84. The van der Waals surface area contributed by atoms with Crippen molar-refractivity contribution in [2.45, 2.75) is 30.8 Å². The second-order valence-corrected chi connectivity index (χ2v) is 6.60. The molecule has 114 valence electrons. The molecule has 0 spiro atoms. The van der Waals surface area contributed by atoms with Crippen molar-refractivity contribution in [2.24, 2.45) is 0 Å². The lowest BCUT2D eigenvalue weighted by Gasteiger charge is -2.18. The molecule has 1 heterocycles. The van der Waals surface area contributed by atoms with E-state index in [1.165, 1.54) is 17.8 Å². The van der Waals surface area contributed by atoms with Crippen molar-refractivity contribution >= 4 is 27.7 Å². The highest BCUT2D eigenvalue weighted by Crippen LogP contribution is 2.30. The highest BCUT2D eigenvalue weighted by molar-refractivity contribution is 9.10. The van der Waals surface area contributed by atoms with Crippen LogP contribution in [0.2, 0.25) is 0 Å². The number of hydrogen-bond acceptors (Lipinski definition) is 3. The molecular weight excluding hydrogens is 353 g/mol. The van der Waals surface area contributed by atoms with Gasteiger partial charge in [0, 0.05) is 17.2 Å². The summed E-state index contributed by atoms with van der Waals surface area (Å²) in [5.74, 6) is 0.573. The summed E-state index contributed by atoms with van der Waals surface area (Å²) in [6.07, 6.45) is 2.85. The van der Waals surface area contributed by atoms with Gasteiger partial charge in [-0.05, 0) is 41.5 Å². The van der Waals surface area contributed by atoms with Crippen LogP contribution < -0.4 is 5.32 Å². The van der Waals surface area contributed by atoms with Gasteiger partial charge in [0.05, 0.1) is 22.4 Å². The molecule has 3 nitrogen and oxygen atoms in total. The predicted octanol–water partition coefficient (Wildman–Crippen LogP) is 4.25. The fraction of sp³-hybridized carbons (Fsp3) is 0.400. The van der Waals surface area contributed by atoms with Crippen molar-refractivity contribution in [3.05, 3.63) is 46.4 Å². The van der Waals surface area contributed by atoms with Gasteiger partial charge in [0.15, 0.2) is 0 Å². The third-order valence-electron chi connectivity index (χ3n) is 3.19. The van der Waals surface area contributed by atoms with Gasteiger partial charge in [0.1, 0.15) is 5.82 Å². The smallest absolute Gasteiger partial charge is 0.136 e. The van der Waals surface area contributed by atoms with Crippen LogP contribution in [0.25, 0.3) is 0 Å². The minimum absolute atomic E-state index is 0.109. The Morgan fingerprint density at radius 2 is 2.19 bits per heavy atom. The highest BCUT2D eigenvalue weighted by atomic mass is 79.9. The number of hydrogen-bond donors (Lipinski definition) is 1. The molecule has 0 fully saturated rings. The lowest BCUT2D eigenvalue weighted by molar-refractivity contribution is 0.522. The average molecular weight is 372 g/mol. The Balaban J connectivity index is 2.13. The maximum Gasteiger partial charge on any atom is 0.136 e. The Morgan fingerprint density at radius 1 is 1.43 bits per heavy atom. The van der Waals surface area contributed by atoms with Crippen molar-refractivity contribution in [1.29, 1.82) is 0 Å². The number of halogens is 2. The van der Waals surface area contributed by atoms with Gasteiger partial charge < -0.3 is 5.32 Å². The normalized spacial score (nSPS) is 12.6. The summed E-state index contributed by atoms with van der Waals surface area (Å²) in [6, 6.07) is 6.98. The summed E-state index contributed by atoms with van der Waals surface area (Å²) in [5.41, 5.74) is 1.11. The van der Waals surface area contributed by atoms with Crippen LogP contribution >= 0.6 is 27.7 Å². The summed E-state index contributed by atoms with van der Waals surface area (Å²) in [6.45, 7) is 3.01. The third-order valence-corrected chi connectivity index (χ3v) is 4.94. The van der Waals surface area contributed by atoms with Gasteiger partial charge in [-0.3, -0.25) is 4.68 Å². The van der Waals surface area contributed by atoms with E-state index in [4.69, 9.17) is 0 Å². The van der Waals surface area contributed by atoms with Gasteiger partial charge in [0.25, 0.3) is 0 Å². The lowest BCUT2D eigenvalue weighted by atomic mass is 10.2. The topological polar surface area (TPSA) is 29.9 Å². The largest absolute Gasteiger partial charge is 0.311 e. The van der Waals surface area contributed by atoms with Crippen LogP contribution in [-0.2, 0) is 6.54 Å². The molecule has 1 aromatic carbocycles. The summed E-state index contributed by atoms with van der Waals surface area (Å²) in [4.78, 5) is 0.676. The number of aromatic nitrogens is 2. The van der Waals surface area contributed by atoms with Crippen LogP contribution in [0.15, 0.2) is 39.8 Å². The van der Waals surface area contributed by atoms with E-state index >= 15 is 0 Å². The fourth-order valence-electron chi connectivity index (χ4n) is 2.14. The Morgan fingerprint density at radius 3 is 2.86 bits per heavy atom. The first-order chi connectivity index (χ1) is 10.2. The van der Waals surface area contributed by atoms with Crippen molar-refractivity contribution in [3.8, 4) is 0 Å². The predicted molar refractivity (Wildman–Crippen MR) is 89.1 cm³/mol. The minimum Gasteiger partial charge on any atom is -0.311 e. The van der Waals surface area contributed by atoms with Gasteiger partial charge in [-0.25, -0.2) is 4.39 Å². The van der Waals surface area contributed by atoms with E-state index in [1.807, 2.05) is 30.1 Å². The van der Waals surface area contributed by atoms with Crippen molar-refractivity contribution in [3.63, 3.8) is 0 Å². The van der Waals surface area contributed by atoms with Crippen molar-refractivity contribution in [2.75, 3.05) is 12.8 Å². The Hall–Kier alpha value is -0.850. The second-order valence-electron chi connectivity index (χ2n) is 4.68. The van der Waals surface area contributed by atoms with E-state index in [0.29, 0.717) is 4.90 Å². The zero-order valence-corrected chi connectivity index (χ0v) is 14.5. The van der Waals surface area contributed by atoms with Gasteiger partial charge in [0.2, 0.25) is 0 Å². The number of thioether (sulfide) groups is 1. The van der Waals surface area contributed by atoms with Crippen LogP contribution in [0.5, 0.6) is 0 Å². The van der Waals surface area contributed by atoms with Crippen LogP contribution in [0, 0.1) is 5.82 Å². The molecule has 6 heteroatoms. The zero-order valence-electron chi connectivity index (χ0n) is 12.1. The molecule has 0 saturated heterocycles. The molecule has 1 aromatic heterocycles. The molecule has 1 N–H and O–H groups in total. The van der Waals surface area contributed by atoms with Crippen LogP contribution in [0.4, 0.5) is 4.39 Å². The van der Waals surface area contributed by atoms with E-state index < -0.39 is 0 Å². The summed E-state index contributed by atoms with van der Waals surface area (Å²) in [7, 11) is 1.92. The van der Waals surface area contributed by atoms with Crippen LogP contribution in [-0.4, -0.2) is 22.6 Å². The van der Waals surface area contributed by atoms with Crippen molar-refractivity contribution < 1.29 is 4.39 Å². The molecule has 0 amide bonds. The highest BCUT2D eigenvalue weighted by Gasteiger charge is 2.19. The first-order valence-electron chi connectivity index (χ1n) is 6.93. The zero-order chi connectivity index (χ0) is 15.2. The van der Waals surface area contributed by atoms with E-state index in [9.17, 15) is 4.39 Å². The number of nitrogens with zero attached hydrogens (tertiary/aromatic N) is 2. The van der Waals surface area contributed by atoms with Gasteiger partial charge in [-0.1, -0.05) is 19.1 Å². The molecule has 1 unspecified atom stereocenters. The quantitative estimate of drug-likeness (QED) is 0.737.